The summed E-state index contributed by atoms with van der Waals surface area (Å²) in [6, 6.07) is 15.4. The standard InChI is InChI=1S/C18H22ClNO2/c1-3-12-21-17-10-6-16(7-11-17)20-13-14(2)22-18-8-4-15(19)5-9-18/h4-11,14,20H,3,12-13H2,1-2H3. The van der Waals surface area contributed by atoms with Crippen molar-refractivity contribution in [3.8, 4) is 11.5 Å². The smallest absolute Gasteiger partial charge is 0.119 e. The fourth-order valence-corrected chi connectivity index (χ4v) is 2.06. The van der Waals surface area contributed by atoms with Crippen molar-refractivity contribution < 1.29 is 9.47 Å². The first kappa shape index (κ1) is 16.5. The van der Waals surface area contributed by atoms with Crippen LogP contribution in [0.15, 0.2) is 48.5 Å². The van der Waals surface area contributed by atoms with Gasteiger partial charge in [0.25, 0.3) is 0 Å². The number of ether oxygens (including phenoxy) is 2. The van der Waals surface area contributed by atoms with E-state index in [0.717, 1.165) is 36.8 Å². The van der Waals surface area contributed by atoms with Gasteiger partial charge in [-0.25, -0.2) is 0 Å². The topological polar surface area (TPSA) is 30.5 Å². The predicted molar refractivity (Wildman–Crippen MR) is 92.3 cm³/mol. The maximum absolute atomic E-state index is 5.86. The molecular weight excluding hydrogens is 298 g/mol. The molecule has 118 valence electrons. The molecule has 0 amide bonds. The van der Waals surface area contributed by atoms with Crippen LogP contribution in [0.1, 0.15) is 20.3 Å². The molecule has 0 radical (unpaired) electrons. The van der Waals surface area contributed by atoms with Crippen LogP contribution in [0.3, 0.4) is 0 Å². The van der Waals surface area contributed by atoms with Gasteiger partial charge >= 0.3 is 0 Å². The Kier molecular flexibility index (Phi) is 6.41. The zero-order valence-electron chi connectivity index (χ0n) is 13.0. The second kappa shape index (κ2) is 8.54. The van der Waals surface area contributed by atoms with Gasteiger partial charge in [0.05, 0.1) is 13.2 Å². The monoisotopic (exact) mass is 319 g/mol. The fourth-order valence-electron chi connectivity index (χ4n) is 1.94. The molecule has 1 N–H and O–H groups in total. The van der Waals surface area contributed by atoms with Crippen LogP contribution in [-0.4, -0.2) is 19.3 Å². The van der Waals surface area contributed by atoms with E-state index in [9.17, 15) is 0 Å². The van der Waals surface area contributed by atoms with Crippen LogP contribution in [-0.2, 0) is 0 Å². The van der Waals surface area contributed by atoms with Gasteiger partial charge in [-0.2, -0.15) is 0 Å². The number of benzene rings is 2. The quantitative estimate of drug-likeness (QED) is 0.742. The van der Waals surface area contributed by atoms with Gasteiger partial charge in [0, 0.05) is 10.7 Å². The van der Waals surface area contributed by atoms with Gasteiger partial charge in [-0.05, 0) is 61.9 Å². The molecule has 0 bridgehead atoms. The van der Waals surface area contributed by atoms with Crippen molar-refractivity contribution in [3.05, 3.63) is 53.6 Å². The van der Waals surface area contributed by atoms with Gasteiger partial charge in [-0.15, -0.1) is 0 Å². The highest BCUT2D eigenvalue weighted by Gasteiger charge is 2.04. The van der Waals surface area contributed by atoms with E-state index in [2.05, 4.69) is 12.2 Å². The molecule has 0 heterocycles. The molecule has 0 aliphatic heterocycles. The molecule has 0 aliphatic carbocycles. The lowest BCUT2D eigenvalue weighted by Gasteiger charge is -2.16. The number of anilines is 1. The Hall–Kier alpha value is -1.87. The fraction of sp³-hybridized carbons (Fsp3) is 0.333. The van der Waals surface area contributed by atoms with Gasteiger partial charge in [0.1, 0.15) is 17.6 Å². The van der Waals surface area contributed by atoms with Crippen molar-refractivity contribution in [1.82, 2.24) is 0 Å². The predicted octanol–water partition coefficient (Wildman–Crippen LogP) is 5.01. The second-order valence-electron chi connectivity index (χ2n) is 5.14. The van der Waals surface area contributed by atoms with E-state index in [0.29, 0.717) is 5.02 Å². The molecule has 0 saturated carbocycles. The summed E-state index contributed by atoms with van der Waals surface area (Å²) in [5.41, 5.74) is 1.05. The summed E-state index contributed by atoms with van der Waals surface area (Å²) in [5, 5.41) is 4.06. The number of hydrogen-bond acceptors (Lipinski definition) is 3. The highest BCUT2D eigenvalue weighted by atomic mass is 35.5. The average Bonchev–Trinajstić information content (AvgIpc) is 2.54. The molecule has 2 aromatic rings. The number of hydrogen-bond donors (Lipinski definition) is 1. The lowest BCUT2D eigenvalue weighted by Crippen LogP contribution is -2.22. The Balaban J connectivity index is 1.78. The van der Waals surface area contributed by atoms with Crippen molar-refractivity contribution >= 4 is 17.3 Å². The third-order valence-corrected chi connectivity index (χ3v) is 3.32. The molecule has 1 unspecified atom stereocenters. The molecule has 4 heteroatoms. The number of rotatable bonds is 8. The minimum atomic E-state index is 0.0530. The van der Waals surface area contributed by atoms with Gasteiger partial charge in [-0.1, -0.05) is 18.5 Å². The zero-order chi connectivity index (χ0) is 15.8. The van der Waals surface area contributed by atoms with Crippen LogP contribution in [0.25, 0.3) is 0 Å². The second-order valence-corrected chi connectivity index (χ2v) is 5.57. The number of halogens is 1. The molecule has 0 aromatic heterocycles. The van der Waals surface area contributed by atoms with Gasteiger partial charge in [0.15, 0.2) is 0 Å². The molecule has 3 nitrogen and oxygen atoms in total. The maximum Gasteiger partial charge on any atom is 0.119 e. The molecule has 2 rings (SSSR count). The summed E-state index contributed by atoms with van der Waals surface area (Å²) in [6.07, 6.45) is 1.07. The average molecular weight is 320 g/mol. The van der Waals surface area contributed by atoms with Crippen LogP contribution in [0.4, 0.5) is 5.69 Å². The van der Waals surface area contributed by atoms with Crippen molar-refractivity contribution in [2.45, 2.75) is 26.4 Å². The summed E-state index contributed by atoms with van der Waals surface area (Å²) in [6.45, 7) is 5.59. The van der Waals surface area contributed by atoms with Crippen molar-refractivity contribution in [2.24, 2.45) is 0 Å². The lowest BCUT2D eigenvalue weighted by molar-refractivity contribution is 0.235. The normalized spacial score (nSPS) is 11.8. The van der Waals surface area contributed by atoms with Crippen LogP contribution in [0.2, 0.25) is 5.02 Å². The van der Waals surface area contributed by atoms with Crippen molar-refractivity contribution in [2.75, 3.05) is 18.5 Å². The Bertz CT molecular complexity index is 554. The van der Waals surface area contributed by atoms with E-state index in [4.69, 9.17) is 21.1 Å². The first-order valence-electron chi connectivity index (χ1n) is 7.56. The summed E-state index contributed by atoms with van der Waals surface area (Å²) >= 11 is 5.86. The Labute approximate surface area is 137 Å². The molecule has 0 fully saturated rings. The SMILES string of the molecule is CCCOc1ccc(NCC(C)Oc2ccc(Cl)cc2)cc1. The van der Waals surface area contributed by atoms with Crippen LogP contribution >= 0.6 is 11.6 Å². The highest BCUT2D eigenvalue weighted by Crippen LogP contribution is 2.18. The minimum Gasteiger partial charge on any atom is -0.494 e. The van der Waals surface area contributed by atoms with Gasteiger partial charge in [-0.3, -0.25) is 0 Å². The third-order valence-electron chi connectivity index (χ3n) is 3.07. The van der Waals surface area contributed by atoms with E-state index < -0.39 is 0 Å². The summed E-state index contributed by atoms with van der Waals surface area (Å²) in [5.74, 6) is 1.72. The first-order chi connectivity index (χ1) is 10.7. The zero-order valence-corrected chi connectivity index (χ0v) is 13.8. The van der Waals surface area contributed by atoms with Crippen LogP contribution in [0, 0.1) is 0 Å². The summed E-state index contributed by atoms with van der Waals surface area (Å²) in [7, 11) is 0. The van der Waals surface area contributed by atoms with E-state index in [-0.39, 0.29) is 6.10 Å². The van der Waals surface area contributed by atoms with E-state index in [1.807, 2.05) is 55.5 Å². The molecule has 0 aliphatic rings. The van der Waals surface area contributed by atoms with E-state index >= 15 is 0 Å². The Morgan fingerprint density at radius 1 is 1.00 bits per heavy atom. The molecular formula is C18H22ClNO2. The van der Waals surface area contributed by atoms with Crippen molar-refractivity contribution in [1.29, 1.82) is 0 Å². The van der Waals surface area contributed by atoms with E-state index in [1.54, 1.807) is 0 Å². The summed E-state index contributed by atoms with van der Waals surface area (Å²) < 4.78 is 11.4. The number of nitrogens with one attached hydrogen (secondary N) is 1. The minimum absolute atomic E-state index is 0.0530. The lowest BCUT2D eigenvalue weighted by atomic mass is 10.3. The van der Waals surface area contributed by atoms with Crippen molar-refractivity contribution in [3.63, 3.8) is 0 Å². The molecule has 0 saturated heterocycles. The van der Waals surface area contributed by atoms with Crippen LogP contribution < -0.4 is 14.8 Å². The molecule has 22 heavy (non-hydrogen) atoms. The molecule has 1 atom stereocenters. The third kappa shape index (κ3) is 5.49. The van der Waals surface area contributed by atoms with Gasteiger partial charge in [0.2, 0.25) is 0 Å². The largest absolute Gasteiger partial charge is 0.494 e. The maximum atomic E-state index is 5.86. The van der Waals surface area contributed by atoms with E-state index in [1.165, 1.54) is 0 Å². The first-order valence-corrected chi connectivity index (χ1v) is 7.94. The highest BCUT2D eigenvalue weighted by molar-refractivity contribution is 6.30. The molecule has 2 aromatic carbocycles. The molecule has 0 spiro atoms. The summed E-state index contributed by atoms with van der Waals surface area (Å²) in [4.78, 5) is 0. The van der Waals surface area contributed by atoms with Crippen LogP contribution in [0.5, 0.6) is 11.5 Å². The van der Waals surface area contributed by atoms with Gasteiger partial charge < -0.3 is 14.8 Å². The Morgan fingerprint density at radius 2 is 1.64 bits per heavy atom. The Morgan fingerprint density at radius 3 is 2.27 bits per heavy atom.